The van der Waals surface area contributed by atoms with Gasteiger partial charge in [-0.05, 0) is 49.7 Å². The number of aromatic nitrogens is 2. The molecule has 0 radical (unpaired) electrons. The maximum atomic E-state index is 12.7. The Morgan fingerprint density at radius 1 is 1.12 bits per heavy atom. The van der Waals surface area contributed by atoms with Crippen LogP contribution >= 0.6 is 15.9 Å². The maximum absolute atomic E-state index is 12.7. The molecule has 3 N–H and O–H groups in total. The van der Waals surface area contributed by atoms with E-state index < -0.39 is 5.91 Å². The molecule has 2 aromatic carbocycles. The van der Waals surface area contributed by atoms with E-state index >= 15 is 0 Å². The van der Waals surface area contributed by atoms with Crippen molar-refractivity contribution in [3.05, 3.63) is 75.5 Å². The Kier molecular flexibility index (Phi) is 4.90. The average molecular weight is 413 g/mol. The van der Waals surface area contributed by atoms with E-state index in [9.17, 15) is 9.59 Å². The van der Waals surface area contributed by atoms with Crippen LogP contribution in [0.1, 0.15) is 32.0 Å². The van der Waals surface area contributed by atoms with Crippen LogP contribution in [-0.4, -0.2) is 21.6 Å². The molecule has 0 aliphatic rings. The molecule has 26 heavy (non-hydrogen) atoms. The number of anilines is 1. The first kappa shape index (κ1) is 17.9. The number of carbonyl (C=O) groups excluding carboxylic acids is 2. The molecule has 1 heterocycles. The van der Waals surface area contributed by atoms with Crippen molar-refractivity contribution in [1.29, 1.82) is 0 Å². The highest BCUT2D eigenvalue weighted by Crippen LogP contribution is 2.22. The summed E-state index contributed by atoms with van der Waals surface area (Å²) < 4.78 is 2.63. The molecule has 0 unspecified atom stereocenters. The lowest BCUT2D eigenvalue weighted by atomic mass is 10.1. The van der Waals surface area contributed by atoms with Gasteiger partial charge < -0.3 is 11.1 Å². The minimum Gasteiger partial charge on any atom is -0.366 e. The number of nitrogens with zero attached hydrogens (tertiary/aromatic N) is 2. The Labute approximate surface area is 159 Å². The van der Waals surface area contributed by atoms with Crippen molar-refractivity contribution < 1.29 is 9.59 Å². The highest BCUT2D eigenvalue weighted by Gasteiger charge is 2.17. The van der Waals surface area contributed by atoms with Crippen molar-refractivity contribution in [3.8, 4) is 5.69 Å². The largest absolute Gasteiger partial charge is 0.366 e. The summed E-state index contributed by atoms with van der Waals surface area (Å²) in [6, 6.07) is 12.7. The molecule has 7 heteroatoms. The van der Waals surface area contributed by atoms with Gasteiger partial charge in [0, 0.05) is 15.7 Å². The normalized spacial score (nSPS) is 10.6. The summed E-state index contributed by atoms with van der Waals surface area (Å²) in [6.07, 6.45) is 1.53. The molecule has 3 aromatic rings. The number of halogens is 1. The van der Waals surface area contributed by atoms with Gasteiger partial charge in [-0.3, -0.25) is 9.59 Å². The second-order valence-corrected chi connectivity index (χ2v) is 6.75. The zero-order chi connectivity index (χ0) is 18.8. The standard InChI is InChI=1S/C19H17BrN4O2/c1-11-15(18(21)25)7-4-8-17(11)23-19(26)16-10-22-24(12(16)2)14-6-3-5-13(20)9-14/h3-10H,1-2H3,(H2,21,25)(H,23,26). The lowest BCUT2D eigenvalue weighted by molar-refractivity contribution is 0.0995. The number of amides is 2. The predicted octanol–water partition coefficient (Wildman–Crippen LogP) is 3.60. The third-order valence-corrected chi connectivity index (χ3v) is 4.65. The molecule has 0 saturated heterocycles. The van der Waals surface area contributed by atoms with Crippen molar-refractivity contribution in [1.82, 2.24) is 9.78 Å². The monoisotopic (exact) mass is 412 g/mol. The summed E-state index contributed by atoms with van der Waals surface area (Å²) in [5.41, 5.74) is 8.93. The van der Waals surface area contributed by atoms with Gasteiger partial charge >= 0.3 is 0 Å². The molecule has 0 spiro atoms. The third-order valence-electron chi connectivity index (χ3n) is 4.15. The quantitative estimate of drug-likeness (QED) is 0.685. The number of rotatable bonds is 4. The molecule has 0 aliphatic heterocycles. The molecule has 0 bridgehead atoms. The number of hydrogen-bond acceptors (Lipinski definition) is 3. The lowest BCUT2D eigenvalue weighted by Crippen LogP contribution is -2.17. The van der Waals surface area contributed by atoms with Gasteiger partial charge in [-0.25, -0.2) is 4.68 Å². The maximum Gasteiger partial charge on any atom is 0.259 e. The molecule has 132 valence electrons. The Morgan fingerprint density at radius 2 is 1.85 bits per heavy atom. The fraction of sp³-hybridized carbons (Fsp3) is 0.105. The molecule has 0 saturated carbocycles. The van der Waals surface area contributed by atoms with Crippen LogP contribution in [0, 0.1) is 13.8 Å². The second-order valence-electron chi connectivity index (χ2n) is 5.83. The molecular formula is C19H17BrN4O2. The summed E-state index contributed by atoms with van der Waals surface area (Å²) in [5, 5.41) is 7.15. The molecule has 3 rings (SSSR count). The summed E-state index contributed by atoms with van der Waals surface area (Å²) >= 11 is 3.43. The van der Waals surface area contributed by atoms with Gasteiger partial charge in [0.05, 0.1) is 23.1 Å². The average Bonchev–Trinajstić information content (AvgIpc) is 2.98. The summed E-state index contributed by atoms with van der Waals surface area (Å²) in [5.74, 6) is -0.828. The fourth-order valence-corrected chi connectivity index (χ4v) is 3.12. The van der Waals surface area contributed by atoms with Gasteiger partial charge in [0.2, 0.25) is 5.91 Å². The first-order chi connectivity index (χ1) is 12.4. The molecule has 6 nitrogen and oxygen atoms in total. The van der Waals surface area contributed by atoms with Gasteiger partial charge in [-0.15, -0.1) is 0 Å². The minimum atomic E-state index is -0.530. The van der Waals surface area contributed by atoms with Crippen LogP contribution in [-0.2, 0) is 0 Å². The summed E-state index contributed by atoms with van der Waals surface area (Å²) in [7, 11) is 0. The van der Waals surface area contributed by atoms with Gasteiger partial charge in [-0.1, -0.05) is 28.1 Å². The number of hydrogen-bond donors (Lipinski definition) is 2. The predicted molar refractivity (Wildman–Crippen MR) is 104 cm³/mol. The highest BCUT2D eigenvalue weighted by atomic mass is 79.9. The molecule has 0 fully saturated rings. The molecule has 1 aromatic heterocycles. The minimum absolute atomic E-state index is 0.298. The lowest BCUT2D eigenvalue weighted by Gasteiger charge is -2.11. The van der Waals surface area contributed by atoms with Crippen LogP contribution < -0.4 is 11.1 Å². The van der Waals surface area contributed by atoms with Crippen molar-refractivity contribution in [2.45, 2.75) is 13.8 Å². The van der Waals surface area contributed by atoms with E-state index in [-0.39, 0.29) is 5.91 Å². The van der Waals surface area contributed by atoms with Crippen LogP contribution in [0.2, 0.25) is 0 Å². The Hall–Kier alpha value is -2.93. The second kappa shape index (κ2) is 7.13. The number of nitrogens with one attached hydrogen (secondary N) is 1. The van der Waals surface area contributed by atoms with Gasteiger partial charge in [0.15, 0.2) is 0 Å². The molecule has 0 atom stereocenters. The Morgan fingerprint density at radius 3 is 2.54 bits per heavy atom. The number of nitrogens with two attached hydrogens (primary N) is 1. The summed E-state index contributed by atoms with van der Waals surface area (Å²) in [4.78, 5) is 24.2. The topological polar surface area (TPSA) is 90.0 Å². The number of primary amides is 1. The van der Waals surface area contributed by atoms with Crippen LogP contribution in [0.5, 0.6) is 0 Å². The van der Waals surface area contributed by atoms with Crippen LogP contribution in [0.15, 0.2) is 53.1 Å². The van der Waals surface area contributed by atoms with E-state index in [0.717, 1.165) is 10.2 Å². The SMILES string of the molecule is Cc1c(NC(=O)c2cnn(-c3cccc(Br)c3)c2C)cccc1C(N)=O. The zero-order valence-corrected chi connectivity index (χ0v) is 15.9. The Balaban J connectivity index is 1.91. The van der Waals surface area contributed by atoms with Crippen molar-refractivity contribution in [2.75, 3.05) is 5.32 Å². The first-order valence-corrected chi connectivity index (χ1v) is 8.69. The van der Waals surface area contributed by atoms with E-state index in [1.54, 1.807) is 29.8 Å². The number of carbonyl (C=O) groups is 2. The van der Waals surface area contributed by atoms with Crippen molar-refractivity contribution in [2.24, 2.45) is 5.73 Å². The van der Waals surface area contributed by atoms with Crippen LogP contribution in [0.3, 0.4) is 0 Å². The van der Waals surface area contributed by atoms with Crippen molar-refractivity contribution >= 4 is 33.4 Å². The Bertz CT molecular complexity index is 1010. The van der Waals surface area contributed by atoms with E-state index in [1.165, 1.54) is 6.20 Å². The van der Waals surface area contributed by atoms with E-state index in [4.69, 9.17) is 5.73 Å². The fourth-order valence-electron chi connectivity index (χ4n) is 2.73. The number of benzene rings is 2. The zero-order valence-electron chi connectivity index (χ0n) is 14.3. The smallest absolute Gasteiger partial charge is 0.259 e. The highest BCUT2D eigenvalue weighted by molar-refractivity contribution is 9.10. The molecule has 2 amide bonds. The summed E-state index contributed by atoms with van der Waals surface area (Å²) in [6.45, 7) is 3.57. The first-order valence-electron chi connectivity index (χ1n) is 7.90. The van der Waals surface area contributed by atoms with E-state index in [2.05, 4.69) is 26.3 Å². The van der Waals surface area contributed by atoms with Gasteiger partial charge in [-0.2, -0.15) is 5.10 Å². The van der Waals surface area contributed by atoms with E-state index in [1.807, 2.05) is 31.2 Å². The van der Waals surface area contributed by atoms with Gasteiger partial charge in [0.1, 0.15) is 0 Å². The molecule has 0 aliphatic carbocycles. The van der Waals surface area contributed by atoms with Crippen LogP contribution in [0.4, 0.5) is 5.69 Å². The van der Waals surface area contributed by atoms with Gasteiger partial charge in [0.25, 0.3) is 5.91 Å². The van der Waals surface area contributed by atoms with Crippen LogP contribution in [0.25, 0.3) is 5.69 Å². The van der Waals surface area contributed by atoms with E-state index in [0.29, 0.717) is 28.1 Å². The van der Waals surface area contributed by atoms with Crippen molar-refractivity contribution in [3.63, 3.8) is 0 Å². The third kappa shape index (κ3) is 3.39. The molecular weight excluding hydrogens is 396 g/mol.